The zero-order valence-corrected chi connectivity index (χ0v) is 12.4. The molecule has 0 spiro atoms. The van der Waals surface area contributed by atoms with Gasteiger partial charge < -0.3 is 4.90 Å². The highest BCUT2D eigenvalue weighted by atomic mass is 79.9. The third-order valence-electron chi connectivity index (χ3n) is 3.74. The minimum atomic E-state index is 0.660. The van der Waals surface area contributed by atoms with Gasteiger partial charge in [0.05, 0.1) is 17.3 Å². The van der Waals surface area contributed by atoms with Crippen molar-refractivity contribution in [1.29, 1.82) is 5.26 Å². The molecule has 1 saturated carbocycles. The van der Waals surface area contributed by atoms with E-state index in [0.717, 1.165) is 11.0 Å². The molecule has 0 amide bonds. The molecule has 0 saturated heterocycles. The first-order chi connectivity index (χ1) is 8.76. The van der Waals surface area contributed by atoms with Crippen molar-refractivity contribution in [2.24, 2.45) is 0 Å². The Balaban J connectivity index is 2.24. The van der Waals surface area contributed by atoms with Crippen LogP contribution in [0.4, 0.5) is 5.69 Å². The quantitative estimate of drug-likeness (QED) is 0.823. The molecule has 1 aromatic rings. The summed E-state index contributed by atoms with van der Waals surface area (Å²) in [5, 5.41) is 8.91. The molecule has 0 unspecified atom stereocenters. The average Bonchev–Trinajstić information content (AvgIpc) is 2.42. The molecular formula is C15H19BrN2. The van der Waals surface area contributed by atoms with Crippen LogP contribution in [-0.4, -0.2) is 12.6 Å². The lowest BCUT2D eigenvalue weighted by Gasteiger charge is -2.36. The first kappa shape index (κ1) is 13.4. The van der Waals surface area contributed by atoms with E-state index in [2.05, 4.69) is 39.9 Å². The van der Waals surface area contributed by atoms with E-state index < -0.39 is 0 Å². The largest absolute Gasteiger partial charge is 0.368 e. The van der Waals surface area contributed by atoms with Gasteiger partial charge in [0.15, 0.2) is 0 Å². The van der Waals surface area contributed by atoms with E-state index in [1.54, 1.807) is 0 Å². The Morgan fingerprint density at radius 3 is 2.61 bits per heavy atom. The van der Waals surface area contributed by atoms with Gasteiger partial charge in [-0.3, -0.25) is 0 Å². The Kier molecular flexibility index (Phi) is 4.66. The second kappa shape index (κ2) is 6.24. The van der Waals surface area contributed by atoms with Gasteiger partial charge in [-0.1, -0.05) is 19.3 Å². The van der Waals surface area contributed by atoms with Gasteiger partial charge in [0.1, 0.15) is 0 Å². The van der Waals surface area contributed by atoms with Gasteiger partial charge in [-0.2, -0.15) is 5.26 Å². The van der Waals surface area contributed by atoms with E-state index >= 15 is 0 Å². The van der Waals surface area contributed by atoms with Crippen molar-refractivity contribution >= 4 is 21.6 Å². The van der Waals surface area contributed by atoms with Crippen LogP contribution in [0.2, 0.25) is 0 Å². The molecule has 1 fully saturated rings. The van der Waals surface area contributed by atoms with Gasteiger partial charge in [0.2, 0.25) is 0 Å². The summed E-state index contributed by atoms with van der Waals surface area (Å²) in [7, 11) is 0. The van der Waals surface area contributed by atoms with E-state index in [1.165, 1.54) is 37.8 Å². The van der Waals surface area contributed by atoms with Crippen molar-refractivity contribution in [1.82, 2.24) is 0 Å². The fourth-order valence-corrected chi connectivity index (χ4v) is 3.43. The predicted octanol–water partition coefficient (Wildman–Crippen LogP) is 4.48. The van der Waals surface area contributed by atoms with Gasteiger partial charge in [-0.15, -0.1) is 0 Å². The molecule has 2 rings (SSSR count). The smallest absolute Gasteiger partial charge is 0.0992 e. The topological polar surface area (TPSA) is 27.0 Å². The monoisotopic (exact) mass is 306 g/mol. The van der Waals surface area contributed by atoms with Gasteiger partial charge in [0.25, 0.3) is 0 Å². The van der Waals surface area contributed by atoms with Crippen LogP contribution in [0.5, 0.6) is 0 Å². The summed E-state index contributed by atoms with van der Waals surface area (Å²) >= 11 is 3.60. The van der Waals surface area contributed by atoms with Crippen LogP contribution in [-0.2, 0) is 0 Å². The van der Waals surface area contributed by atoms with Crippen molar-refractivity contribution in [3.63, 3.8) is 0 Å². The molecule has 0 aliphatic heterocycles. The van der Waals surface area contributed by atoms with Gasteiger partial charge >= 0.3 is 0 Å². The molecule has 1 aliphatic carbocycles. The molecule has 1 aromatic carbocycles. The molecule has 0 aromatic heterocycles. The van der Waals surface area contributed by atoms with Crippen molar-refractivity contribution < 1.29 is 0 Å². The summed E-state index contributed by atoms with van der Waals surface area (Å²) in [5.41, 5.74) is 1.94. The molecule has 1 aliphatic rings. The summed E-state index contributed by atoms with van der Waals surface area (Å²) in [6.07, 6.45) is 6.65. The molecule has 0 N–H and O–H groups in total. The summed E-state index contributed by atoms with van der Waals surface area (Å²) in [6.45, 7) is 3.23. The number of halogens is 1. The molecular weight excluding hydrogens is 288 g/mol. The maximum atomic E-state index is 8.91. The number of anilines is 1. The number of hydrogen-bond acceptors (Lipinski definition) is 2. The molecule has 96 valence electrons. The van der Waals surface area contributed by atoms with Crippen LogP contribution >= 0.6 is 15.9 Å². The second-order valence-corrected chi connectivity index (χ2v) is 5.71. The van der Waals surface area contributed by atoms with Crippen molar-refractivity contribution in [3.8, 4) is 6.07 Å². The maximum absolute atomic E-state index is 8.91. The molecule has 0 radical (unpaired) electrons. The van der Waals surface area contributed by atoms with Gasteiger partial charge in [-0.05, 0) is 53.9 Å². The van der Waals surface area contributed by atoms with Crippen LogP contribution in [0.25, 0.3) is 0 Å². The summed E-state index contributed by atoms with van der Waals surface area (Å²) < 4.78 is 1.04. The van der Waals surface area contributed by atoms with E-state index in [-0.39, 0.29) is 0 Å². The Hall–Kier alpha value is -1.01. The van der Waals surface area contributed by atoms with Crippen molar-refractivity contribution in [3.05, 3.63) is 28.2 Å². The zero-order valence-electron chi connectivity index (χ0n) is 10.8. The Bertz CT molecular complexity index is 444. The molecule has 0 bridgehead atoms. The SMILES string of the molecule is CCN(c1ccc(C#N)cc1Br)C1CCCCC1. The number of rotatable bonds is 3. The summed E-state index contributed by atoms with van der Waals surface area (Å²) in [5.74, 6) is 0. The predicted molar refractivity (Wildman–Crippen MR) is 78.8 cm³/mol. The highest BCUT2D eigenvalue weighted by Crippen LogP contribution is 2.32. The number of nitriles is 1. The fraction of sp³-hybridized carbons (Fsp3) is 0.533. The Morgan fingerprint density at radius 1 is 1.33 bits per heavy atom. The number of benzene rings is 1. The number of hydrogen-bond donors (Lipinski definition) is 0. The molecule has 3 heteroatoms. The summed E-state index contributed by atoms with van der Waals surface area (Å²) in [4.78, 5) is 2.48. The van der Waals surface area contributed by atoms with E-state index in [1.807, 2.05) is 12.1 Å². The first-order valence-electron chi connectivity index (χ1n) is 6.72. The minimum absolute atomic E-state index is 0.660. The van der Waals surface area contributed by atoms with Crippen LogP contribution in [0.1, 0.15) is 44.6 Å². The second-order valence-electron chi connectivity index (χ2n) is 4.86. The van der Waals surface area contributed by atoms with Gasteiger partial charge in [-0.25, -0.2) is 0 Å². The Morgan fingerprint density at radius 2 is 2.06 bits per heavy atom. The van der Waals surface area contributed by atoms with Gasteiger partial charge in [0, 0.05) is 17.1 Å². The highest BCUT2D eigenvalue weighted by Gasteiger charge is 2.21. The Labute approximate surface area is 118 Å². The number of nitrogens with zero attached hydrogens (tertiary/aromatic N) is 2. The molecule has 18 heavy (non-hydrogen) atoms. The minimum Gasteiger partial charge on any atom is -0.368 e. The van der Waals surface area contributed by atoms with Crippen molar-refractivity contribution in [2.75, 3.05) is 11.4 Å². The van der Waals surface area contributed by atoms with Crippen molar-refractivity contribution in [2.45, 2.75) is 45.1 Å². The zero-order chi connectivity index (χ0) is 13.0. The molecule has 2 nitrogen and oxygen atoms in total. The van der Waals surface area contributed by atoms with Crippen LogP contribution in [0.15, 0.2) is 22.7 Å². The molecule has 0 heterocycles. The lowest BCUT2D eigenvalue weighted by Crippen LogP contribution is -2.36. The third kappa shape index (κ3) is 2.87. The standard InChI is InChI=1S/C15H19BrN2/c1-2-18(13-6-4-3-5-7-13)15-9-8-12(11-17)10-14(15)16/h8-10,13H,2-7H2,1H3. The summed E-state index contributed by atoms with van der Waals surface area (Å²) in [6, 6.07) is 8.74. The highest BCUT2D eigenvalue weighted by molar-refractivity contribution is 9.10. The van der Waals surface area contributed by atoms with Crippen LogP contribution < -0.4 is 4.90 Å². The van der Waals surface area contributed by atoms with E-state index in [9.17, 15) is 0 Å². The fourth-order valence-electron chi connectivity index (χ4n) is 2.83. The average molecular weight is 307 g/mol. The van der Waals surface area contributed by atoms with E-state index in [4.69, 9.17) is 5.26 Å². The normalized spacial score (nSPS) is 16.3. The van der Waals surface area contributed by atoms with Crippen LogP contribution in [0, 0.1) is 11.3 Å². The first-order valence-corrected chi connectivity index (χ1v) is 7.52. The van der Waals surface area contributed by atoms with Crippen LogP contribution in [0.3, 0.4) is 0 Å². The lowest BCUT2D eigenvalue weighted by atomic mass is 9.93. The molecule has 0 atom stereocenters. The maximum Gasteiger partial charge on any atom is 0.0992 e. The van der Waals surface area contributed by atoms with E-state index in [0.29, 0.717) is 11.6 Å². The third-order valence-corrected chi connectivity index (χ3v) is 4.38. The lowest BCUT2D eigenvalue weighted by molar-refractivity contribution is 0.418.